The molecule has 5 heteroatoms. The third-order valence-corrected chi connectivity index (χ3v) is 3.75. The van der Waals surface area contributed by atoms with Crippen LogP contribution in [0.2, 0.25) is 0 Å². The summed E-state index contributed by atoms with van der Waals surface area (Å²) in [4.78, 5) is 15.7. The van der Waals surface area contributed by atoms with Gasteiger partial charge in [0.15, 0.2) is 0 Å². The molecule has 23 heavy (non-hydrogen) atoms. The molecule has 0 radical (unpaired) electrons. The van der Waals surface area contributed by atoms with Gasteiger partial charge < -0.3 is 15.0 Å². The van der Waals surface area contributed by atoms with E-state index in [9.17, 15) is 4.79 Å². The number of nitrogens with one attached hydrogen (secondary N) is 1. The van der Waals surface area contributed by atoms with Crippen LogP contribution in [0.5, 0.6) is 0 Å². The first kappa shape index (κ1) is 15.2. The highest BCUT2D eigenvalue weighted by atomic mass is 16.3. The molecule has 1 unspecified atom stereocenters. The molecule has 1 heterocycles. The number of imidazole rings is 1. The monoisotopic (exact) mass is 309 g/mol. The number of amides is 1. The molecule has 1 atom stereocenters. The van der Waals surface area contributed by atoms with Crippen molar-refractivity contribution in [2.24, 2.45) is 0 Å². The highest BCUT2D eigenvalue weighted by Crippen LogP contribution is 2.14. The van der Waals surface area contributed by atoms with E-state index in [4.69, 9.17) is 5.11 Å². The lowest BCUT2D eigenvalue weighted by Crippen LogP contribution is -2.31. The fourth-order valence-corrected chi connectivity index (χ4v) is 2.43. The van der Waals surface area contributed by atoms with Gasteiger partial charge in [0, 0.05) is 13.1 Å². The lowest BCUT2D eigenvalue weighted by molar-refractivity contribution is -0.128. The van der Waals surface area contributed by atoms with E-state index in [2.05, 4.69) is 20.9 Å². The van der Waals surface area contributed by atoms with Crippen LogP contribution in [0.1, 0.15) is 18.1 Å². The molecule has 1 aromatic heterocycles. The van der Waals surface area contributed by atoms with Crippen LogP contribution in [-0.4, -0.2) is 26.7 Å². The molecule has 3 rings (SSSR count). The number of aliphatic hydroxyl groups excluding tert-OH is 1. The molecule has 0 fully saturated rings. The van der Waals surface area contributed by atoms with Crippen LogP contribution < -0.4 is 5.32 Å². The Morgan fingerprint density at radius 2 is 1.87 bits per heavy atom. The van der Waals surface area contributed by atoms with Crippen LogP contribution in [0.4, 0.5) is 0 Å². The largest absolute Gasteiger partial charge is 0.384 e. The second-order valence-corrected chi connectivity index (χ2v) is 5.57. The molecule has 0 aliphatic heterocycles. The zero-order valence-electron chi connectivity index (χ0n) is 12.9. The van der Waals surface area contributed by atoms with Gasteiger partial charge in [0.2, 0.25) is 5.91 Å². The smallest absolute Gasteiger partial charge is 0.248 e. The van der Waals surface area contributed by atoms with Gasteiger partial charge in [-0.2, -0.15) is 0 Å². The highest BCUT2D eigenvalue weighted by molar-refractivity contribution is 5.79. The Hall–Kier alpha value is -2.66. The van der Waals surface area contributed by atoms with Crippen molar-refractivity contribution in [2.75, 3.05) is 0 Å². The standard InChI is InChI=1S/C18H19N3O2/c1-13(22)18(23)19-10-14-6-8-15(9-7-14)11-21-12-20-16-4-2-3-5-17(16)21/h2-9,12-13,22H,10-11H2,1H3,(H,19,23). The molecule has 2 aromatic carbocycles. The maximum atomic E-state index is 11.3. The second-order valence-electron chi connectivity index (χ2n) is 5.57. The Morgan fingerprint density at radius 3 is 2.61 bits per heavy atom. The van der Waals surface area contributed by atoms with Crippen LogP contribution in [0, 0.1) is 0 Å². The highest BCUT2D eigenvalue weighted by Gasteiger charge is 2.07. The molecule has 118 valence electrons. The number of benzene rings is 2. The number of fused-ring (bicyclic) bond motifs is 1. The Bertz CT molecular complexity index is 807. The molecule has 5 nitrogen and oxygen atoms in total. The van der Waals surface area contributed by atoms with Gasteiger partial charge in [-0.05, 0) is 30.2 Å². The number of para-hydroxylation sites is 2. The zero-order valence-corrected chi connectivity index (χ0v) is 12.9. The Kier molecular flexibility index (Phi) is 4.39. The van der Waals surface area contributed by atoms with E-state index >= 15 is 0 Å². The van der Waals surface area contributed by atoms with Crippen LogP contribution in [-0.2, 0) is 17.9 Å². The molecule has 0 saturated heterocycles. The third-order valence-electron chi connectivity index (χ3n) is 3.75. The summed E-state index contributed by atoms with van der Waals surface area (Å²) >= 11 is 0. The second kappa shape index (κ2) is 6.62. The first-order valence-corrected chi connectivity index (χ1v) is 7.57. The average Bonchev–Trinajstić information content (AvgIpc) is 2.97. The summed E-state index contributed by atoms with van der Waals surface area (Å²) in [7, 11) is 0. The number of carbonyl (C=O) groups is 1. The van der Waals surface area contributed by atoms with E-state index < -0.39 is 6.10 Å². The van der Waals surface area contributed by atoms with Crippen molar-refractivity contribution in [3.63, 3.8) is 0 Å². The van der Waals surface area contributed by atoms with Gasteiger partial charge in [0.05, 0.1) is 17.4 Å². The fourth-order valence-electron chi connectivity index (χ4n) is 2.43. The molecular formula is C18H19N3O2. The first-order chi connectivity index (χ1) is 11.1. The number of aromatic nitrogens is 2. The fraction of sp³-hybridized carbons (Fsp3) is 0.222. The number of hydrogen-bond acceptors (Lipinski definition) is 3. The van der Waals surface area contributed by atoms with Gasteiger partial charge in [0.25, 0.3) is 0 Å². The molecule has 0 aliphatic carbocycles. The van der Waals surface area contributed by atoms with Crippen molar-refractivity contribution >= 4 is 16.9 Å². The Balaban J connectivity index is 1.67. The van der Waals surface area contributed by atoms with E-state index in [0.717, 1.165) is 23.1 Å². The summed E-state index contributed by atoms with van der Waals surface area (Å²) in [5.74, 6) is -0.362. The molecule has 0 spiro atoms. The maximum absolute atomic E-state index is 11.3. The lowest BCUT2D eigenvalue weighted by Gasteiger charge is -2.09. The summed E-state index contributed by atoms with van der Waals surface area (Å²) in [5.41, 5.74) is 4.27. The van der Waals surface area contributed by atoms with Gasteiger partial charge in [-0.15, -0.1) is 0 Å². The predicted octanol–water partition coefficient (Wildman–Crippen LogP) is 2.08. The Morgan fingerprint density at radius 1 is 1.17 bits per heavy atom. The number of carbonyl (C=O) groups excluding carboxylic acids is 1. The number of nitrogens with zero attached hydrogens (tertiary/aromatic N) is 2. The summed E-state index contributed by atoms with van der Waals surface area (Å²) in [5, 5.41) is 11.8. The Labute approximate surface area is 134 Å². The normalized spacial score (nSPS) is 12.3. The van der Waals surface area contributed by atoms with Crippen LogP contribution in [0.25, 0.3) is 11.0 Å². The predicted molar refractivity (Wildman–Crippen MR) is 88.8 cm³/mol. The van der Waals surface area contributed by atoms with Gasteiger partial charge in [-0.3, -0.25) is 4.79 Å². The summed E-state index contributed by atoms with van der Waals surface area (Å²) < 4.78 is 2.11. The minimum atomic E-state index is -0.983. The average molecular weight is 309 g/mol. The van der Waals surface area contributed by atoms with Gasteiger partial charge >= 0.3 is 0 Å². The molecule has 3 aromatic rings. The third kappa shape index (κ3) is 3.57. The van der Waals surface area contributed by atoms with Crippen molar-refractivity contribution < 1.29 is 9.90 Å². The van der Waals surface area contributed by atoms with E-state index in [1.165, 1.54) is 12.5 Å². The first-order valence-electron chi connectivity index (χ1n) is 7.57. The van der Waals surface area contributed by atoms with E-state index in [1.54, 1.807) is 0 Å². The maximum Gasteiger partial charge on any atom is 0.248 e. The van der Waals surface area contributed by atoms with Crippen LogP contribution in [0.15, 0.2) is 54.9 Å². The minimum absolute atomic E-state index is 0.362. The van der Waals surface area contributed by atoms with Crippen molar-refractivity contribution in [1.29, 1.82) is 0 Å². The molecule has 0 saturated carbocycles. The van der Waals surface area contributed by atoms with Crippen molar-refractivity contribution in [3.8, 4) is 0 Å². The SMILES string of the molecule is CC(O)C(=O)NCc1ccc(Cn2cnc3ccccc32)cc1. The number of hydrogen-bond donors (Lipinski definition) is 2. The molecular weight excluding hydrogens is 290 g/mol. The summed E-state index contributed by atoms with van der Waals surface area (Å²) in [6.45, 7) is 2.62. The summed E-state index contributed by atoms with van der Waals surface area (Å²) in [6, 6.07) is 16.1. The van der Waals surface area contributed by atoms with Crippen LogP contribution in [0.3, 0.4) is 0 Å². The number of aliphatic hydroxyl groups is 1. The van der Waals surface area contributed by atoms with Crippen molar-refractivity contribution in [2.45, 2.75) is 26.1 Å². The topological polar surface area (TPSA) is 67.2 Å². The van der Waals surface area contributed by atoms with E-state index in [-0.39, 0.29) is 5.91 Å². The lowest BCUT2D eigenvalue weighted by atomic mass is 10.1. The van der Waals surface area contributed by atoms with E-state index in [1.807, 2.05) is 48.8 Å². The van der Waals surface area contributed by atoms with Gasteiger partial charge in [-0.25, -0.2) is 4.98 Å². The number of rotatable bonds is 5. The minimum Gasteiger partial charge on any atom is -0.384 e. The molecule has 2 N–H and O–H groups in total. The summed E-state index contributed by atoms with van der Waals surface area (Å²) in [6.07, 6.45) is 0.866. The van der Waals surface area contributed by atoms with Crippen molar-refractivity contribution in [1.82, 2.24) is 14.9 Å². The zero-order chi connectivity index (χ0) is 16.2. The van der Waals surface area contributed by atoms with E-state index in [0.29, 0.717) is 6.54 Å². The van der Waals surface area contributed by atoms with Crippen molar-refractivity contribution in [3.05, 3.63) is 66.0 Å². The van der Waals surface area contributed by atoms with Gasteiger partial charge in [0.1, 0.15) is 6.10 Å². The molecule has 0 bridgehead atoms. The van der Waals surface area contributed by atoms with Crippen LogP contribution >= 0.6 is 0 Å². The van der Waals surface area contributed by atoms with Gasteiger partial charge in [-0.1, -0.05) is 36.4 Å². The quantitative estimate of drug-likeness (QED) is 0.758. The molecule has 0 aliphatic rings. The molecule has 1 amide bonds.